The van der Waals surface area contributed by atoms with E-state index in [0.717, 1.165) is 44.5 Å². The highest BCUT2D eigenvalue weighted by atomic mass is 19.1. The van der Waals surface area contributed by atoms with E-state index in [0.29, 0.717) is 37.1 Å². The zero-order valence-corrected chi connectivity index (χ0v) is 26.6. The molecule has 0 bridgehead atoms. The number of carbonyl (C=O) groups is 3. The number of amides is 1. The Morgan fingerprint density at radius 2 is 1.94 bits per heavy atom. The van der Waals surface area contributed by atoms with E-state index >= 15 is 0 Å². The Kier molecular flexibility index (Phi) is 8.98. The predicted octanol–water partition coefficient (Wildman–Crippen LogP) is 4.32. The molecule has 0 saturated carbocycles. The lowest BCUT2D eigenvalue weighted by Crippen LogP contribution is -2.29. The lowest BCUT2D eigenvalue weighted by atomic mass is 9.97. The second-order valence-electron chi connectivity index (χ2n) is 12.1. The van der Waals surface area contributed by atoms with Crippen molar-refractivity contribution in [3.63, 3.8) is 0 Å². The number of ether oxygens (including phenoxy) is 1. The minimum Gasteiger partial charge on any atom is -0.477 e. The fourth-order valence-corrected chi connectivity index (χ4v) is 5.56. The number of oxazole rings is 1. The van der Waals surface area contributed by atoms with Crippen LogP contribution in [0.5, 0.6) is 0 Å². The van der Waals surface area contributed by atoms with Crippen molar-refractivity contribution in [1.82, 2.24) is 24.5 Å². The third-order valence-corrected chi connectivity index (χ3v) is 7.78. The summed E-state index contributed by atoms with van der Waals surface area (Å²) in [7, 11) is 0. The number of aromatic carboxylic acids is 1. The lowest BCUT2D eigenvalue weighted by molar-refractivity contribution is 0.00682. The molecule has 14 heteroatoms. The van der Waals surface area contributed by atoms with Gasteiger partial charge in [-0.2, -0.15) is 5.10 Å². The van der Waals surface area contributed by atoms with E-state index in [1.54, 1.807) is 43.5 Å². The zero-order chi connectivity index (χ0) is 34.2. The molecule has 3 aromatic heterocycles. The number of carboxylic acids is 1. The average Bonchev–Trinajstić information content (AvgIpc) is 3.70. The van der Waals surface area contributed by atoms with Crippen LogP contribution in [0.3, 0.4) is 0 Å². The molecule has 3 heterocycles. The predicted molar refractivity (Wildman–Crippen MR) is 169 cm³/mol. The van der Waals surface area contributed by atoms with Crippen LogP contribution in [0.4, 0.5) is 4.39 Å². The Hall–Kier alpha value is -5.37. The van der Waals surface area contributed by atoms with Crippen molar-refractivity contribution in [2.75, 3.05) is 0 Å². The van der Waals surface area contributed by atoms with Crippen LogP contribution in [0.2, 0.25) is 0 Å². The van der Waals surface area contributed by atoms with E-state index in [1.165, 1.54) is 0 Å². The number of nitrogens with zero attached hydrogens (tertiary/aromatic N) is 4. The number of aromatic nitrogens is 4. The molecule has 2 aromatic carbocycles. The number of carbonyl (C=O) groups excluding carboxylic acids is 2. The maximum absolute atomic E-state index is 14.0. The van der Waals surface area contributed by atoms with E-state index in [4.69, 9.17) is 14.9 Å². The number of benzene rings is 2. The molecule has 13 nitrogen and oxygen atoms in total. The lowest BCUT2D eigenvalue weighted by Gasteiger charge is -2.21. The molecule has 1 aliphatic rings. The molecule has 0 aliphatic heterocycles. The third kappa shape index (κ3) is 6.63. The van der Waals surface area contributed by atoms with Gasteiger partial charge in [0, 0.05) is 19.2 Å². The van der Waals surface area contributed by atoms with Crippen LogP contribution in [0, 0.1) is 12.7 Å². The van der Waals surface area contributed by atoms with Crippen molar-refractivity contribution in [3.8, 4) is 0 Å². The molecule has 6 rings (SSSR count). The zero-order valence-electron chi connectivity index (χ0n) is 26.6. The van der Waals surface area contributed by atoms with Crippen LogP contribution in [0.1, 0.15) is 93.7 Å². The molecule has 0 spiro atoms. The van der Waals surface area contributed by atoms with Crippen molar-refractivity contribution >= 4 is 34.6 Å². The first kappa shape index (κ1) is 33.0. The van der Waals surface area contributed by atoms with Crippen molar-refractivity contribution in [3.05, 3.63) is 98.2 Å². The summed E-state index contributed by atoms with van der Waals surface area (Å²) in [6, 6.07) is 9.71. The molecule has 246 valence electrons. The van der Waals surface area contributed by atoms with Gasteiger partial charge in [0.15, 0.2) is 22.7 Å². The molecule has 0 unspecified atom stereocenters. The molecule has 47 heavy (non-hydrogen) atoms. The second-order valence-corrected chi connectivity index (χ2v) is 12.1. The second kappa shape index (κ2) is 12.8. The van der Waals surface area contributed by atoms with Gasteiger partial charge in [0.25, 0.3) is 5.91 Å². The number of nitrogens with two attached hydrogens (primary N) is 1. The van der Waals surface area contributed by atoms with E-state index in [1.807, 2.05) is 26.0 Å². The Balaban J connectivity index is 0.000000257. The minimum absolute atomic E-state index is 0.142. The molecule has 0 saturated heterocycles. The number of carboxylic acid groups (broad SMARTS) is 1. The van der Waals surface area contributed by atoms with E-state index in [2.05, 4.69) is 15.4 Å². The number of aryl methyl sites for hydroxylation is 1. The topological polar surface area (TPSA) is 184 Å². The van der Waals surface area contributed by atoms with Gasteiger partial charge in [0.2, 0.25) is 0 Å². The SMILES string of the molecule is CCn1c(=O)oc2ccc(CN)cc21.Cc1c(C(=O)OC(C)(C)C)ccc2c1CC[C@@H]2NC(=O)c1cc(C(=O)O)nc2c(F)cnn12. The minimum atomic E-state index is -1.39. The van der Waals surface area contributed by atoms with Gasteiger partial charge >= 0.3 is 17.7 Å². The summed E-state index contributed by atoms with van der Waals surface area (Å²) in [5.41, 5.74) is 9.50. The molecule has 0 radical (unpaired) electrons. The molecule has 1 aliphatic carbocycles. The number of halogens is 1. The highest BCUT2D eigenvalue weighted by Gasteiger charge is 2.30. The number of fused-ring (bicyclic) bond motifs is 3. The Morgan fingerprint density at radius 1 is 1.19 bits per heavy atom. The Morgan fingerprint density at radius 3 is 2.60 bits per heavy atom. The fraction of sp³-hybridized carbons (Fsp3) is 0.333. The van der Waals surface area contributed by atoms with Crippen LogP contribution < -0.4 is 16.8 Å². The summed E-state index contributed by atoms with van der Waals surface area (Å²) in [6.45, 7) is 10.2. The summed E-state index contributed by atoms with van der Waals surface area (Å²) >= 11 is 0. The van der Waals surface area contributed by atoms with E-state index in [9.17, 15) is 28.7 Å². The number of hydrogen-bond donors (Lipinski definition) is 3. The van der Waals surface area contributed by atoms with Gasteiger partial charge in [-0.3, -0.25) is 9.36 Å². The normalized spacial score (nSPS) is 14.1. The standard InChI is InChI=1S/C23H23FN4O5.C10H12N2O2/c1-11-12-7-8-16(14(12)6-5-13(11)22(32)33-23(2,3)4)27-20(29)18-9-17(21(30)31)26-19-15(24)10-25-28(18)19;1-2-12-8-5-7(6-11)3-4-9(8)14-10(12)13/h5-6,9-10,16H,7-8H2,1-4H3,(H,27,29)(H,30,31);3-5H,2,6,11H2,1H3/t16-;/m0./s1. The van der Waals surface area contributed by atoms with Gasteiger partial charge in [-0.25, -0.2) is 28.3 Å². The summed E-state index contributed by atoms with van der Waals surface area (Å²) in [4.78, 5) is 52.0. The Labute approximate surface area is 268 Å². The first-order chi connectivity index (χ1) is 22.2. The van der Waals surface area contributed by atoms with Gasteiger partial charge in [0.1, 0.15) is 11.3 Å². The molecule has 1 atom stereocenters. The van der Waals surface area contributed by atoms with Crippen molar-refractivity contribution in [2.45, 2.75) is 72.2 Å². The largest absolute Gasteiger partial charge is 0.477 e. The van der Waals surface area contributed by atoms with Crippen LogP contribution in [0.15, 0.2) is 51.8 Å². The van der Waals surface area contributed by atoms with E-state index < -0.39 is 35.0 Å². The maximum Gasteiger partial charge on any atom is 0.419 e. The quantitative estimate of drug-likeness (QED) is 0.225. The van der Waals surface area contributed by atoms with Crippen LogP contribution in [-0.4, -0.2) is 47.7 Å². The average molecular weight is 647 g/mol. The summed E-state index contributed by atoms with van der Waals surface area (Å²) < 4.78 is 27.1. The summed E-state index contributed by atoms with van der Waals surface area (Å²) in [5.74, 6) is -3.54. The van der Waals surface area contributed by atoms with Crippen molar-refractivity contribution in [2.24, 2.45) is 5.73 Å². The highest BCUT2D eigenvalue weighted by molar-refractivity contribution is 5.96. The fourth-order valence-electron chi connectivity index (χ4n) is 5.56. The van der Waals surface area contributed by atoms with Gasteiger partial charge in [0.05, 0.1) is 23.3 Å². The maximum atomic E-state index is 14.0. The summed E-state index contributed by atoms with van der Waals surface area (Å²) in [6.07, 6.45) is 2.11. The number of esters is 1. The molecule has 5 aromatic rings. The smallest absolute Gasteiger partial charge is 0.419 e. The summed E-state index contributed by atoms with van der Waals surface area (Å²) in [5, 5.41) is 16.0. The molecular formula is C33H35FN6O7. The first-order valence-corrected chi connectivity index (χ1v) is 15.0. The van der Waals surface area contributed by atoms with Crippen LogP contribution in [0.25, 0.3) is 16.7 Å². The molecule has 4 N–H and O–H groups in total. The molecular weight excluding hydrogens is 611 g/mol. The monoisotopic (exact) mass is 646 g/mol. The van der Waals surface area contributed by atoms with Gasteiger partial charge in [-0.15, -0.1) is 0 Å². The highest BCUT2D eigenvalue weighted by Crippen LogP contribution is 2.35. The molecule has 1 amide bonds. The number of hydrogen-bond acceptors (Lipinski definition) is 9. The first-order valence-electron chi connectivity index (χ1n) is 15.0. The number of nitrogens with one attached hydrogen (secondary N) is 1. The third-order valence-electron chi connectivity index (χ3n) is 7.78. The van der Waals surface area contributed by atoms with Crippen molar-refractivity contribution < 1.29 is 33.0 Å². The van der Waals surface area contributed by atoms with E-state index in [-0.39, 0.29) is 23.1 Å². The van der Waals surface area contributed by atoms with Gasteiger partial charge < -0.3 is 25.3 Å². The van der Waals surface area contributed by atoms with Gasteiger partial charge in [-0.1, -0.05) is 12.1 Å². The van der Waals surface area contributed by atoms with Crippen LogP contribution >= 0.6 is 0 Å². The van der Waals surface area contributed by atoms with Crippen molar-refractivity contribution in [1.29, 1.82) is 0 Å². The Bertz CT molecular complexity index is 2090. The number of rotatable bonds is 6. The van der Waals surface area contributed by atoms with Gasteiger partial charge in [-0.05, 0) is 87.9 Å². The van der Waals surface area contributed by atoms with Crippen LogP contribution in [-0.2, 0) is 24.2 Å². The molecule has 0 fully saturated rings.